The third-order valence-corrected chi connectivity index (χ3v) is 3.55. The van der Waals surface area contributed by atoms with Crippen LogP contribution in [0.1, 0.15) is 16.7 Å². The molecule has 0 saturated carbocycles. The number of aryl methyl sites for hydroxylation is 2. The molecule has 0 unspecified atom stereocenters. The average molecular weight is 350 g/mol. The van der Waals surface area contributed by atoms with E-state index < -0.39 is 18.5 Å². The molecule has 0 aliphatic carbocycles. The van der Waals surface area contributed by atoms with Crippen LogP contribution >= 0.6 is 0 Å². The highest BCUT2D eigenvalue weighted by Crippen LogP contribution is 2.18. The number of hydrogen-bond donors (Lipinski definition) is 2. The van der Waals surface area contributed by atoms with Crippen molar-refractivity contribution in [2.75, 3.05) is 11.9 Å². The molecule has 132 valence electrons. The van der Waals surface area contributed by atoms with Crippen molar-refractivity contribution in [1.29, 1.82) is 5.26 Å². The van der Waals surface area contributed by atoms with Crippen molar-refractivity contribution in [1.82, 2.24) is 0 Å². The standard InChI is InChI=1S/C20H18N2O4/c1-13-3-8-18(14(2)9-13)22-20(25)16(11-21)10-15-4-6-17(7-5-15)26-12-19(23)24/h3-10H,12H2,1-2H3,(H,22,25)(H,23,24)/b16-10+. The molecular formula is C20H18N2O4. The molecule has 0 heterocycles. The number of carbonyl (C=O) groups is 2. The fraction of sp³-hybridized carbons (Fsp3) is 0.150. The minimum Gasteiger partial charge on any atom is -0.482 e. The quantitative estimate of drug-likeness (QED) is 0.615. The second-order valence-corrected chi connectivity index (χ2v) is 5.69. The van der Waals surface area contributed by atoms with Crippen LogP contribution in [-0.2, 0) is 9.59 Å². The maximum Gasteiger partial charge on any atom is 0.341 e. The van der Waals surface area contributed by atoms with Crippen LogP contribution in [0.3, 0.4) is 0 Å². The van der Waals surface area contributed by atoms with E-state index >= 15 is 0 Å². The zero-order valence-corrected chi connectivity index (χ0v) is 14.4. The number of nitrogens with one attached hydrogen (secondary N) is 1. The third kappa shape index (κ3) is 5.21. The predicted octanol–water partition coefficient (Wildman–Crippen LogP) is 3.31. The Morgan fingerprint density at radius 3 is 2.46 bits per heavy atom. The number of benzene rings is 2. The Morgan fingerprint density at radius 1 is 1.19 bits per heavy atom. The first-order chi connectivity index (χ1) is 12.4. The topological polar surface area (TPSA) is 99.4 Å². The van der Waals surface area contributed by atoms with Crippen LogP contribution in [0.5, 0.6) is 5.75 Å². The average Bonchev–Trinajstić information content (AvgIpc) is 2.61. The number of nitriles is 1. The molecule has 2 aromatic carbocycles. The minimum atomic E-state index is -1.07. The van der Waals surface area contributed by atoms with Crippen molar-refractivity contribution in [3.8, 4) is 11.8 Å². The number of aliphatic carboxylic acids is 1. The predicted molar refractivity (Wildman–Crippen MR) is 97.7 cm³/mol. The zero-order chi connectivity index (χ0) is 19.1. The number of ether oxygens (including phenoxy) is 1. The summed E-state index contributed by atoms with van der Waals surface area (Å²) in [6.07, 6.45) is 1.46. The van der Waals surface area contributed by atoms with Gasteiger partial charge in [-0.1, -0.05) is 29.8 Å². The van der Waals surface area contributed by atoms with Gasteiger partial charge in [0.25, 0.3) is 5.91 Å². The molecule has 2 rings (SSSR count). The molecule has 0 atom stereocenters. The van der Waals surface area contributed by atoms with Crippen molar-refractivity contribution < 1.29 is 19.4 Å². The van der Waals surface area contributed by atoms with E-state index in [0.717, 1.165) is 11.1 Å². The lowest BCUT2D eigenvalue weighted by atomic mass is 10.1. The van der Waals surface area contributed by atoms with Crippen molar-refractivity contribution in [2.45, 2.75) is 13.8 Å². The molecule has 0 aromatic heterocycles. The summed E-state index contributed by atoms with van der Waals surface area (Å²) < 4.78 is 5.04. The molecule has 0 aliphatic rings. The number of amides is 1. The normalized spacial score (nSPS) is 10.7. The first-order valence-electron chi connectivity index (χ1n) is 7.84. The van der Waals surface area contributed by atoms with Crippen LogP contribution in [0.15, 0.2) is 48.0 Å². The fourth-order valence-electron chi connectivity index (χ4n) is 2.26. The summed E-state index contributed by atoms with van der Waals surface area (Å²) in [4.78, 5) is 22.8. The highest BCUT2D eigenvalue weighted by molar-refractivity contribution is 6.09. The van der Waals surface area contributed by atoms with E-state index in [0.29, 0.717) is 17.0 Å². The number of rotatable bonds is 6. The van der Waals surface area contributed by atoms with Crippen LogP contribution in [0.25, 0.3) is 6.08 Å². The minimum absolute atomic E-state index is 0.0378. The van der Waals surface area contributed by atoms with Gasteiger partial charge in [-0.15, -0.1) is 0 Å². The van der Waals surface area contributed by atoms with Crippen molar-refractivity contribution in [3.05, 3.63) is 64.7 Å². The SMILES string of the molecule is Cc1ccc(NC(=O)/C(C#N)=C/c2ccc(OCC(=O)O)cc2)c(C)c1. The van der Waals surface area contributed by atoms with E-state index in [1.807, 2.05) is 32.0 Å². The van der Waals surface area contributed by atoms with E-state index in [2.05, 4.69) is 5.32 Å². The van der Waals surface area contributed by atoms with Crippen LogP contribution in [0.4, 0.5) is 5.69 Å². The Hall–Kier alpha value is -3.59. The number of hydrogen-bond acceptors (Lipinski definition) is 4. The number of nitrogens with zero attached hydrogens (tertiary/aromatic N) is 1. The highest BCUT2D eigenvalue weighted by atomic mass is 16.5. The lowest BCUT2D eigenvalue weighted by Gasteiger charge is -2.08. The Labute approximate surface area is 151 Å². The second-order valence-electron chi connectivity index (χ2n) is 5.69. The van der Waals surface area contributed by atoms with Gasteiger partial charge in [0.1, 0.15) is 17.4 Å². The molecule has 0 fully saturated rings. The van der Waals surface area contributed by atoms with Crippen molar-refractivity contribution in [3.63, 3.8) is 0 Å². The van der Waals surface area contributed by atoms with Gasteiger partial charge < -0.3 is 15.2 Å². The summed E-state index contributed by atoms with van der Waals surface area (Å²) in [6.45, 7) is 3.41. The zero-order valence-electron chi connectivity index (χ0n) is 14.4. The summed E-state index contributed by atoms with van der Waals surface area (Å²) in [7, 11) is 0. The Kier molecular flexibility index (Phi) is 6.12. The Balaban J connectivity index is 2.12. The summed E-state index contributed by atoms with van der Waals surface area (Å²) in [5.41, 5.74) is 3.24. The van der Waals surface area contributed by atoms with Gasteiger partial charge in [-0.2, -0.15) is 5.26 Å². The number of carbonyl (C=O) groups excluding carboxylic acids is 1. The Bertz CT molecular complexity index is 893. The lowest BCUT2D eigenvalue weighted by Crippen LogP contribution is -2.14. The van der Waals surface area contributed by atoms with Gasteiger partial charge in [-0.3, -0.25) is 4.79 Å². The van der Waals surface area contributed by atoms with E-state index in [-0.39, 0.29) is 5.57 Å². The molecule has 0 saturated heterocycles. The van der Waals surface area contributed by atoms with E-state index in [1.54, 1.807) is 30.3 Å². The summed E-state index contributed by atoms with van der Waals surface area (Å²) >= 11 is 0. The van der Waals surface area contributed by atoms with E-state index in [1.165, 1.54) is 6.08 Å². The Morgan fingerprint density at radius 2 is 1.88 bits per heavy atom. The molecule has 0 radical (unpaired) electrons. The first kappa shape index (κ1) is 18.7. The van der Waals surface area contributed by atoms with Crippen molar-refractivity contribution in [2.24, 2.45) is 0 Å². The first-order valence-corrected chi connectivity index (χ1v) is 7.84. The largest absolute Gasteiger partial charge is 0.482 e. The summed E-state index contributed by atoms with van der Waals surface area (Å²) in [5, 5.41) is 20.6. The van der Waals surface area contributed by atoms with Gasteiger partial charge >= 0.3 is 5.97 Å². The molecule has 6 heteroatoms. The van der Waals surface area contributed by atoms with Crippen molar-refractivity contribution >= 4 is 23.6 Å². The lowest BCUT2D eigenvalue weighted by molar-refractivity contribution is -0.139. The van der Waals surface area contributed by atoms with Crippen LogP contribution in [-0.4, -0.2) is 23.6 Å². The van der Waals surface area contributed by atoms with Crippen LogP contribution in [0.2, 0.25) is 0 Å². The molecular weight excluding hydrogens is 332 g/mol. The fourth-order valence-corrected chi connectivity index (χ4v) is 2.26. The van der Waals surface area contributed by atoms with Crippen LogP contribution in [0, 0.1) is 25.2 Å². The molecule has 2 N–H and O–H groups in total. The van der Waals surface area contributed by atoms with Gasteiger partial charge in [0.2, 0.25) is 0 Å². The van der Waals surface area contributed by atoms with E-state index in [4.69, 9.17) is 9.84 Å². The maximum atomic E-state index is 12.3. The number of carboxylic acids is 1. The number of anilines is 1. The maximum absolute atomic E-state index is 12.3. The third-order valence-electron chi connectivity index (χ3n) is 3.55. The van der Waals surface area contributed by atoms with Gasteiger partial charge in [-0.25, -0.2) is 4.79 Å². The summed E-state index contributed by atoms with van der Waals surface area (Å²) in [5.74, 6) is -1.17. The summed E-state index contributed by atoms with van der Waals surface area (Å²) in [6, 6.07) is 13.9. The van der Waals surface area contributed by atoms with Crippen LogP contribution < -0.4 is 10.1 Å². The highest BCUT2D eigenvalue weighted by Gasteiger charge is 2.11. The molecule has 0 spiro atoms. The molecule has 1 amide bonds. The molecule has 0 aliphatic heterocycles. The van der Waals surface area contributed by atoms with Gasteiger partial charge in [0.15, 0.2) is 6.61 Å². The monoisotopic (exact) mass is 350 g/mol. The van der Waals surface area contributed by atoms with E-state index in [9.17, 15) is 14.9 Å². The van der Waals surface area contributed by atoms with Gasteiger partial charge in [-0.05, 0) is 49.2 Å². The second kappa shape index (κ2) is 8.49. The van der Waals surface area contributed by atoms with Gasteiger partial charge in [0.05, 0.1) is 0 Å². The molecule has 2 aromatic rings. The smallest absolute Gasteiger partial charge is 0.341 e. The molecule has 0 bridgehead atoms. The molecule has 6 nitrogen and oxygen atoms in total. The number of carboxylic acid groups (broad SMARTS) is 1. The molecule has 26 heavy (non-hydrogen) atoms. The van der Waals surface area contributed by atoms with Gasteiger partial charge in [0, 0.05) is 5.69 Å².